The van der Waals surface area contributed by atoms with Crippen molar-refractivity contribution in [2.45, 2.75) is 0 Å². The van der Waals surface area contributed by atoms with Crippen LogP contribution in [0.1, 0.15) is 0 Å². The third kappa shape index (κ3) is 2.06. The molecule has 0 heterocycles. The van der Waals surface area contributed by atoms with Crippen molar-refractivity contribution in [1.82, 2.24) is 0 Å². The van der Waals surface area contributed by atoms with Gasteiger partial charge in [-0.15, -0.1) is 0 Å². The van der Waals surface area contributed by atoms with Crippen LogP contribution in [-0.2, 0) is 0 Å². The molecule has 0 aromatic heterocycles. The largest absolute Gasteiger partial charge is 0.494 e. The second kappa shape index (κ2) is 4.51. The average Bonchev–Trinajstić information content (AvgIpc) is 2.13. The lowest BCUT2D eigenvalue weighted by molar-refractivity contribution is 0.409. The summed E-state index contributed by atoms with van der Waals surface area (Å²) in [5.74, 6) is 0.674. The molecule has 0 aliphatic carbocycles. The Morgan fingerprint density at radius 2 is 1.46 bits per heavy atom. The van der Waals surface area contributed by atoms with Crippen LogP contribution in [0.2, 0.25) is 0 Å². The number of hydrogen-bond donors (Lipinski definition) is 1. The third-order valence-corrected chi connectivity index (χ3v) is 5.69. The van der Waals surface area contributed by atoms with E-state index in [9.17, 15) is 0 Å². The van der Waals surface area contributed by atoms with Crippen LogP contribution in [0.25, 0.3) is 0 Å². The van der Waals surface area contributed by atoms with E-state index >= 15 is 0 Å². The van der Waals surface area contributed by atoms with E-state index in [-0.39, 0.29) is 0 Å². The first-order valence-corrected chi connectivity index (χ1v) is 6.33. The molecule has 1 aromatic carbocycles. The third-order valence-electron chi connectivity index (χ3n) is 1.46. The van der Waals surface area contributed by atoms with Crippen molar-refractivity contribution in [1.29, 1.82) is 0 Å². The van der Waals surface area contributed by atoms with E-state index in [4.69, 9.17) is 10.5 Å². The minimum Gasteiger partial charge on any atom is -0.494 e. The monoisotopic (exact) mass is 435 g/mol. The van der Waals surface area contributed by atoms with Crippen LogP contribution in [0.3, 0.4) is 0 Å². The first-order chi connectivity index (χ1) is 6.00. The molecule has 0 aliphatic rings. The standard InChI is InChI=1S/C7H5Br4NO/c1-13-7-4(10)2(8)3(9)6(12)5(7)11/h12H2,1H3. The zero-order valence-corrected chi connectivity index (χ0v) is 12.8. The zero-order chi connectivity index (χ0) is 10.2. The lowest BCUT2D eigenvalue weighted by Crippen LogP contribution is -1.95. The highest BCUT2D eigenvalue weighted by Crippen LogP contribution is 2.47. The highest BCUT2D eigenvalue weighted by atomic mass is 79.9. The minimum atomic E-state index is 0.604. The highest BCUT2D eigenvalue weighted by Gasteiger charge is 2.17. The van der Waals surface area contributed by atoms with Crippen molar-refractivity contribution < 1.29 is 4.74 Å². The van der Waals surface area contributed by atoms with E-state index in [1.165, 1.54) is 0 Å². The van der Waals surface area contributed by atoms with Crippen LogP contribution in [0.15, 0.2) is 17.9 Å². The molecule has 0 atom stereocenters. The lowest BCUT2D eigenvalue weighted by Gasteiger charge is -2.12. The molecule has 0 amide bonds. The summed E-state index contributed by atoms with van der Waals surface area (Å²) in [6.45, 7) is 0. The number of halogens is 4. The molecule has 0 aliphatic heterocycles. The summed E-state index contributed by atoms with van der Waals surface area (Å²) in [4.78, 5) is 0. The van der Waals surface area contributed by atoms with Gasteiger partial charge in [-0.2, -0.15) is 0 Å². The molecule has 0 saturated carbocycles. The van der Waals surface area contributed by atoms with Gasteiger partial charge in [0.2, 0.25) is 0 Å². The predicted molar refractivity (Wildman–Crippen MR) is 68.2 cm³/mol. The quantitative estimate of drug-likeness (QED) is 0.402. The van der Waals surface area contributed by atoms with E-state index in [1.54, 1.807) is 7.11 Å². The molecule has 0 unspecified atom stereocenters. The van der Waals surface area contributed by atoms with Gasteiger partial charge < -0.3 is 10.5 Å². The number of nitrogen functional groups attached to an aromatic ring is 1. The summed E-state index contributed by atoms with van der Waals surface area (Å²) in [6, 6.07) is 0. The number of anilines is 1. The molecule has 0 fully saturated rings. The topological polar surface area (TPSA) is 35.2 Å². The Kier molecular flexibility index (Phi) is 4.09. The van der Waals surface area contributed by atoms with Gasteiger partial charge in [-0.1, -0.05) is 0 Å². The maximum absolute atomic E-state index is 5.80. The number of hydrogen-bond acceptors (Lipinski definition) is 2. The molecule has 13 heavy (non-hydrogen) atoms. The van der Waals surface area contributed by atoms with Crippen molar-refractivity contribution in [2.24, 2.45) is 0 Å². The Morgan fingerprint density at radius 3 is 1.92 bits per heavy atom. The summed E-state index contributed by atoms with van der Waals surface area (Å²) in [5.41, 5.74) is 6.41. The van der Waals surface area contributed by atoms with Crippen molar-refractivity contribution in [2.75, 3.05) is 12.8 Å². The summed E-state index contributed by atoms with van der Waals surface area (Å²) < 4.78 is 8.36. The van der Waals surface area contributed by atoms with Crippen LogP contribution in [-0.4, -0.2) is 7.11 Å². The second-order valence-corrected chi connectivity index (χ2v) is 5.37. The molecule has 72 valence electrons. The van der Waals surface area contributed by atoms with Gasteiger partial charge in [0.05, 0.1) is 30.7 Å². The van der Waals surface area contributed by atoms with Gasteiger partial charge >= 0.3 is 0 Å². The fourth-order valence-corrected chi connectivity index (χ4v) is 3.51. The SMILES string of the molecule is COc1c(Br)c(N)c(Br)c(Br)c1Br. The predicted octanol–water partition coefficient (Wildman–Crippen LogP) is 4.33. The van der Waals surface area contributed by atoms with Crippen molar-refractivity contribution in [3.63, 3.8) is 0 Å². The first kappa shape index (κ1) is 11.8. The fourth-order valence-electron chi connectivity index (χ4n) is 0.808. The normalized spacial score (nSPS) is 10.2. The number of methoxy groups -OCH3 is 1. The smallest absolute Gasteiger partial charge is 0.150 e. The fraction of sp³-hybridized carbons (Fsp3) is 0.143. The highest BCUT2D eigenvalue weighted by molar-refractivity contribution is 9.14. The lowest BCUT2D eigenvalue weighted by atomic mass is 10.3. The summed E-state index contributed by atoms with van der Waals surface area (Å²) in [6.07, 6.45) is 0. The van der Waals surface area contributed by atoms with Gasteiger partial charge in [-0.05, 0) is 63.7 Å². The van der Waals surface area contributed by atoms with Crippen LogP contribution in [0, 0.1) is 0 Å². The summed E-state index contributed by atoms with van der Waals surface area (Å²) in [5, 5.41) is 0. The molecule has 0 radical (unpaired) electrons. The maximum Gasteiger partial charge on any atom is 0.150 e. The Balaban J connectivity index is 3.56. The van der Waals surface area contributed by atoms with E-state index in [1.807, 2.05) is 0 Å². The van der Waals surface area contributed by atoms with Gasteiger partial charge in [0.1, 0.15) is 0 Å². The van der Waals surface area contributed by atoms with Crippen LogP contribution < -0.4 is 10.5 Å². The van der Waals surface area contributed by atoms with E-state index in [0.717, 1.165) is 17.9 Å². The summed E-state index contributed by atoms with van der Waals surface area (Å²) >= 11 is 13.5. The van der Waals surface area contributed by atoms with Crippen LogP contribution in [0.4, 0.5) is 5.69 Å². The van der Waals surface area contributed by atoms with Gasteiger partial charge in [0.15, 0.2) is 5.75 Å². The Bertz CT molecular complexity index is 324. The van der Waals surface area contributed by atoms with Gasteiger partial charge in [-0.25, -0.2) is 0 Å². The van der Waals surface area contributed by atoms with E-state index in [0.29, 0.717) is 11.4 Å². The Morgan fingerprint density at radius 1 is 0.923 bits per heavy atom. The molecule has 2 nitrogen and oxygen atoms in total. The molecule has 0 spiro atoms. The van der Waals surface area contributed by atoms with Gasteiger partial charge in [0.25, 0.3) is 0 Å². The summed E-state index contributed by atoms with van der Waals surface area (Å²) in [7, 11) is 1.59. The zero-order valence-electron chi connectivity index (χ0n) is 6.50. The van der Waals surface area contributed by atoms with Crippen molar-refractivity contribution in [3.8, 4) is 5.75 Å². The maximum atomic E-state index is 5.80. The number of nitrogens with two attached hydrogens (primary N) is 1. The van der Waals surface area contributed by atoms with E-state index < -0.39 is 0 Å². The molecule has 1 aromatic rings. The first-order valence-electron chi connectivity index (χ1n) is 3.16. The van der Waals surface area contributed by atoms with Crippen molar-refractivity contribution >= 4 is 69.4 Å². The Hall–Kier alpha value is 0.740. The number of ether oxygens (including phenoxy) is 1. The molecule has 0 bridgehead atoms. The number of benzene rings is 1. The number of rotatable bonds is 1. The second-order valence-electron chi connectivity index (χ2n) is 2.20. The van der Waals surface area contributed by atoms with Crippen LogP contribution in [0.5, 0.6) is 5.75 Å². The van der Waals surface area contributed by atoms with Gasteiger partial charge in [0, 0.05) is 0 Å². The average molecular weight is 439 g/mol. The van der Waals surface area contributed by atoms with Crippen LogP contribution >= 0.6 is 63.7 Å². The molecule has 6 heteroatoms. The molecule has 2 N–H and O–H groups in total. The van der Waals surface area contributed by atoms with E-state index in [2.05, 4.69) is 63.7 Å². The van der Waals surface area contributed by atoms with Crippen molar-refractivity contribution in [3.05, 3.63) is 17.9 Å². The van der Waals surface area contributed by atoms with Gasteiger partial charge in [-0.3, -0.25) is 0 Å². The molecule has 0 saturated heterocycles. The molecule has 1 rings (SSSR count). The molecular weight excluding hydrogens is 434 g/mol. The minimum absolute atomic E-state index is 0.604. The Labute approximate surface area is 110 Å². The molecular formula is C7H5Br4NO.